The summed E-state index contributed by atoms with van der Waals surface area (Å²) in [5.41, 5.74) is 2.56. The molecule has 16 heavy (non-hydrogen) atoms. The van der Waals surface area contributed by atoms with Gasteiger partial charge in [0.15, 0.2) is 0 Å². The van der Waals surface area contributed by atoms with Gasteiger partial charge in [-0.2, -0.15) is 0 Å². The summed E-state index contributed by atoms with van der Waals surface area (Å²) >= 11 is 0. The normalized spacial score (nSPS) is 10.8. The monoisotopic (exact) mass is 222 g/mol. The second-order valence-corrected chi connectivity index (χ2v) is 4.12. The highest BCUT2D eigenvalue weighted by Crippen LogP contribution is 2.19. The minimum Gasteiger partial charge on any atom is -0.395 e. The van der Waals surface area contributed by atoms with Crippen LogP contribution in [0.3, 0.4) is 0 Å². The smallest absolute Gasteiger partial charge is 0.0558 e. The fourth-order valence-corrected chi connectivity index (χ4v) is 1.81. The summed E-state index contributed by atoms with van der Waals surface area (Å²) in [6.07, 6.45) is 0. The Balaban J connectivity index is 2.78. The molecule has 3 nitrogen and oxygen atoms in total. The van der Waals surface area contributed by atoms with Gasteiger partial charge < -0.3 is 10.0 Å². The molecule has 90 valence electrons. The van der Waals surface area contributed by atoms with E-state index in [4.69, 9.17) is 5.11 Å². The zero-order valence-electron chi connectivity index (χ0n) is 10.5. The number of anilines is 1. The highest BCUT2D eigenvalue weighted by atomic mass is 16.3. The van der Waals surface area contributed by atoms with Gasteiger partial charge in [0.2, 0.25) is 0 Å². The first-order valence-corrected chi connectivity index (χ1v) is 5.77. The molecule has 1 N–H and O–H groups in total. The second-order valence-electron chi connectivity index (χ2n) is 4.12. The molecule has 1 aromatic rings. The van der Waals surface area contributed by atoms with E-state index in [9.17, 15) is 0 Å². The molecule has 0 radical (unpaired) electrons. The molecular formula is C13H22N2O. The lowest BCUT2D eigenvalue weighted by Crippen LogP contribution is -2.27. The Morgan fingerprint density at radius 3 is 2.44 bits per heavy atom. The van der Waals surface area contributed by atoms with Gasteiger partial charge in [0, 0.05) is 32.9 Å². The van der Waals surface area contributed by atoms with Crippen LogP contribution in [0.1, 0.15) is 12.5 Å². The first kappa shape index (κ1) is 13.0. The highest BCUT2D eigenvalue weighted by molar-refractivity contribution is 5.52. The molecule has 0 saturated carbocycles. The van der Waals surface area contributed by atoms with E-state index in [1.54, 1.807) is 0 Å². The number of para-hydroxylation sites is 1. The van der Waals surface area contributed by atoms with Gasteiger partial charge in [-0.05, 0) is 18.2 Å². The zero-order chi connectivity index (χ0) is 12.0. The molecule has 0 atom stereocenters. The van der Waals surface area contributed by atoms with E-state index in [-0.39, 0.29) is 6.61 Å². The summed E-state index contributed by atoms with van der Waals surface area (Å²) in [4.78, 5) is 4.37. The van der Waals surface area contributed by atoms with Crippen molar-refractivity contribution in [2.75, 3.05) is 38.7 Å². The topological polar surface area (TPSA) is 26.7 Å². The minimum atomic E-state index is 0.220. The molecule has 0 aliphatic carbocycles. The number of aliphatic hydroxyl groups is 1. The van der Waals surface area contributed by atoms with Crippen LogP contribution in [0.25, 0.3) is 0 Å². The van der Waals surface area contributed by atoms with Crippen molar-refractivity contribution in [3.63, 3.8) is 0 Å². The van der Waals surface area contributed by atoms with Crippen molar-refractivity contribution in [3.05, 3.63) is 29.8 Å². The van der Waals surface area contributed by atoms with Gasteiger partial charge in [0.1, 0.15) is 0 Å². The van der Waals surface area contributed by atoms with Crippen molar-refractivity contribution in [1.82, 2.24) is 4.90 Å². The third-order valence-corrected chi connectivity index (χ3v) is 2.73. The van der Waals surface area contributed by atoms with E-state index in [0.29, 0.717) is 0 Å². The molecule has 0 unspecified atom stereocenters. The largest absolute Gasteiger partial charge is 0.395 e. The average molecular weight is 222 g/mol. The lowest BCUT2D eigenvalue weighted by atomic mass is 10.1. The Bertz CT molecular complexity index is 313. The number of benzene rings is 1. The summed E-state index contributed by atoms with van der Waals surface area (Å²) in [5, 5.41) is 8.97. The lowest BCUT2D eigenvalue weighted by molar-refractivity contribution is 0.197. The molecular weight excluding hydrogens is 200 g/mol. The maximum atomic E-state index is 8.97. The molecule has 1 rings (SSSR count). The van der Waals surface area contributed by atoms with Crippen molar-refractivity contribution in [1.29, 1.82) is 0 Å². The molecule has 0 spiro atoms. The van der Waals surface area contributed by atoms with E-state index >= 15 is 0 Å². The van der Waals surface area contributed by atoms with E-state index < -0.39 is 0 Å². The SMILES string of the molecule is CCN(CCO)Cc1ccccc1N(C)C. The molecule has 0 bridgehead atoms. The van der Waals surface area contributed by atoms with Crippen LogP contribution in [0.5, 0.6) is 0 Å². The fourth-order valence-electron chi connectivity index (χ4n) is 1.81. The van der Waals surface area contributed by atoms with Gasteiger partial charge in [0.25, 0.3) is 0 Å². The van der Waals surface area contributed by atoms with Gasteiger partial charge in [-0.15, -0.1) is 0 Å². The van der Waals surface area contributed by atoms with E-state index in [2.05, 4.69) is 55.1 Å². The standard InChI is InChI=1S/C13H22N2O/c1-4-15(9-10-16)11-12-7-5-6-8-13(12)14(2)3/h5-8,16H,4,9-11H2,1-3H3. The molecule has 0 saturated heterocycles. The molecule has 0 aromatic heterocycles. The van der Waals surface area contributed by atoms with Crippen molar-refractivity contribution < 1.29 is 5.11 Å². The van der Waals surface area contributed by atoms with Crippen LogP contribution < -0.4 is 4.90 Å². The Labute approximate surface area is 98.3 Å². The Morgan fingerprint density at radius 1 is 1.19 bits per heavy atom. The van der Waals surface area contributed by atoms with Gasteiger partial charge in [-0.25, -0.2) is 0 Å². The van der Waals surface area contributed by atoms with Crippen LogP contribution in [0.2, 0.25) is 0 Å². The summed E-state index contributed by atoms with van der Waals surface area (Å²) in [7, 11) is 4.11. The van der Waals surface area contributed by atoms with Crippen LogP contribution >= 0.6 is 0 Å². The molecule has 0 amide bonds. The van der Waals surface area contributed by atoms with Crippen molar-refractivity contribution in [2.24, 2.45) is 0 Å². The minimum absolute atomic E-state index is 0.220. The zero-order valence-corrected chi connectivity index (χ0v) is 10.5. The summed E-state index contributed by atoms with van der Waals surface area (Å²) in [6.45, 7) is 4.93. The van der Waals surface area contributed by atoms with Crippen molar-refractivity contribution in [2.45, 2.75) is 13.5 Å². The Kier molecular flexibility index (Phi) is 5.29. The van der Waals surface area contributed by atoms with E-state index in [1.807, 2.05) is 0 Å². The van der Waals surface area contributed by atoms with Crippen LogP contribution in [0, 0.1) is 0 Å². The number of hydrogen-bond donors (Lipinski definition) is 1. The van der Waals surface area contributed by atoms with Crippen molar-refractivity contribution >= 4 is 5.69 Å². The maximum Gasteiger partial charge on any atom is 0.0558 e. The molecule has 1 aromatic carbocycles. The van der Waals surface area contributed by atoms with Gasteiger partial charge >= 0.3 is 0 Å². The Hall–Kier alpha value is -1.06. The van der Waals surface area contributed by atoms with Gasteiger partial charge in [0.05, 0.1) is 6.61 Å². The van der Waals surface area contributed by atoms with Crippen LogP contribution in [0.15, 0.2) is 24.3 Å². The summed E-state index contributed by atoms with van der Waals surface area (Å²) < 4.78 is 0. The number of aliphatic hydroxyl groups excluding tert-OH is 1. The van der Waals surface area contributed by atoms with Gasteiger partial charge in [-0.3, -0.25) is 4.90 Å². The first-order chi connectivity index (χ1) is 7.69. The third-order valence-electron chi connectivity index (χ3n) is 2.73. The number of rotatable bonds is 6. The van der Waals surface area contributed by atoms with E-state index in [1.165, 1.54) is 11.3 Å². The molecule has 0 aliphatic rings. The van der Waals surface area contributed by atoms with Crippen molar-refractivity contribution in [3.8, 4) is 0 Å². The summed E-state index contributed by atoms with van der Waals surface area (Å²) in [6, 6.07) is 8.40. The molecule has 0 fully saturated rings. The first-order valence-electron chi connectivity index (χ1n) is 5.77. The van der Waals surface area contributed by atoms with Gasteiger partial charge in [-0.1, -0.05) is 25.1 Å². The predicted octanol–water partition coefficient (Wildman–Crippen LogP) is 1.57. The fraction of sp³-hybridized carbons (Fsp3) is 0.538. The summed E-state index contributed by atoms with van der Waals surface area (Å²) in [5.74, 6) is 0. The number of hydrogen-bond acceptors (Lipinski definition) is 3. The van der Waals surface area contributed by atoms with Crippen LogP contribution in [0.4, 0.5) is 5.69 Å². The predicted molar refractivity (Wildman–Crippen MR) is 68.8 cm³/mol. The lowest BCUT2D eigenvalue weighted by Gasteiger charge is -2.23. The number of likely N-dealkylation sites (N-methyl/N-ethyl adjacent to an activating group) is 1. The number of nitrogens with zero attached hydrogens (tertiary/aromatic N) is 2. The molecule has 0 aliphatic heterocycles. The molecule has 3 heteroatoms. The van der Waals surface area contributed by atoms with E-state index in [0.717, 1.165) is 19.6 Å². The maximum absolute atomic E-state index is 8.97. The quantitative estimate of drug-likeness (QED) is 0.791. The third kappa shape index (κ3) is 3.51. The molecule has 0 heterocycles. The van der Waals surface area contributed by atoms with Crippen LogP contribution in [-0.4, -0.2) is 43.8 Å². The van der Waals surface area contributed by atoms with Crippen LogP contribution in [-0.2, 0) is 6.54 Å². The highest BCUT2D eigenvalue weighted by Gasteiger charge is 2.07. The Morgan fingerprint density at radius 2 is 1.88 bits per heavy atom. The average Bonchev–Trinajstić information content (AvgIpc) is 2.29. The second kappa shape index (κ2) is 6.51.